The summed E-state index contributed by atoms with van der Waals surface area (Å²) in [7, 11) is 0. The van der Waals surface area contributed by atoms with E-state index >= 15 is 0 Å². The second-order valence-corrected chi connectivity index (χ2v) is 1.86. The lowest BCUT2D eigenvalue weighted by molar-refractivity contribution is -0.395. The van der Waals surface area contributed by atoms with Gasteiger partial charge in [0.15, 0.2) is 6.20 Å². The maximum absolute atomic E-state index is 8.93. The number of aromatic hydroxyl groups is 2. The van der Waals surface area contributed by atoms with Gasteiger partial charge in [0.2, 0.25) is 5.75 Å². The van der Waals surface area contributed by atoms with Crippen molar-refractivity contribution in [2.75, 3.05) is 0 Å². The maximum Gasteiger partial charge on any atom is 0.407 e. The molecule has 1 rings (SSSR count). The lowest BCUT2D eigenvalue weighted by Crippen LogP contribution is -2.00. The van der Waals surface area contributed by atoms with Crippen molar-refractivity contribution in [2.24, 2.45) is 0 Å². The Hall–Kier alpha value is -1.25. The zero-order valence-electron chi connectivity index (χ0n) is 7.05. The molecule has 3 N–H and O–H groups in total. The van der Waals surface area contributed by atoms with Gasteiger partial charge in [0.1, 0.15) is 0 Å². The Morgan fingerprint density at radius 3 is 2.18 bits per heavy atom. The van der Waals surface area contributed by atoms with Crippen LogP contribution in [0, 0.1) is 6.92 Å². The van der Waals surface area contributed by atoms with Crippen LogP contribution in [0.3, 0.4) is 0 Å². The molecule has 1 aromatic heterocycles. The van der Waals surface area contributed by atoms with Crippen LogP contribution in [0.25, 0.3) is 0 Å². The van der Waals surface area contributed by atoms with Gasteiger partial charge in [-0.1, -0.05) is 13.8 Å². The van der Waals surface area contributed by atoms with Crippen LogP contribution in [0.4, 0.5) is 0 Å². The average molecular weight is 156 g/mol. The normalized spacial score (nSPS) is 8.27. The molecule has 0 aromatic carbocycles. The summed E-state index contributed by atoms with van der Waals surface area (Å²) in [4.78, 5) is 2.45. The summed E-state index contributed by atoms with van der Waals surface area (Å²) in [5.41, 5.74) is 0.659. The van der Waals surface area contributed by atoms with E-state index in [1.807, 2.05) is 13.8 Å². The van der Waals surface area contributed by atoms with Gasteiger partial charge in [-0.25, -0.2) is 0 Å². The van der Waals surface area contributed by atoms with Crippen LogP contribution < -0.4 is 4.98 Å². The smallest absolute Gasteiger partial charge is 0.407 e. The van der Waals surface area contributed by atoms with Crippen molar-refractivity contribution in [3.63, 3.8) is 0 Å². The molecule has 0 unspecified atom stereocenters. The summed E-state index contributed by atoms with van der Waals surface area (Å²) >= 11 is 0. The molecule has 0 radical (unpaired) electrons. The Balaban J connectivity index is 0.000000461. The number of nitrogens with one attached hydrogen (secondary N) is 1. The molecule has 0 aliphatic heterocycles. The largest absolute Gasteiger partial charge is 0.500 e. The maximum atomic E-state index is 8.93. The number of rotatable bonds is 0. The van der Waals surface area contributed by atoms with Gasteiger partial charge in [-0.15, -0.1) is 0 Å². The van der Waals surface area contributed by atoms with E-state index in [0.717, 1.165) is 0 Å². The summed E-state index contributed by atoms with van der Waals surface area (Å²) in [6.07, 6.45) is 1.56. The first-order chi connectivity index (χ1) is 5.22. The molecule has 1 aromatic rings. The van der Waals surface area contributed by atoms with Crippen LogP contribution in [0.5, 0.6) is 11.6 Å². The molecular weight excluding hydrogens is 142 g/mol. The molecule has 1 heterocycles. The van der Waals surface area contributed by atoms with E-state index in [0.29, 0.717) is 5.56 Å². The molecule has 11 heavy (non-hydrogen) atoms. The Morgan fingerprint density at radius 1 is 1.27 bits per heavy atom. The highest BCUT2D eigenvalue weighted by Gasteiger charge is 2.06. The highest BCUT2D eigenvalue weighted by Crippen LogP contribution is 2.20. The number of aryl methyl sites for hydroxylation is 1. The fraction of sp³-hybridized carbons (Fsp3) is 0.375. The van der Waals surface area contributed by atoms with Crippen molar-refractivity contribution in [3.05, 3.63) is 17.8 Å². The van der Waals surface area contributed by atoms with Crippen molar-refractivity contribution in [2.45, 2.75) is 20.8 Å². The van der Waals surface area contributed by atoms with Crippen LogP contribution in [0.15, 0.2) is 12.3 Å². The van der Waals surface area contributed by atoms with Gasteiger partial charge < -0.3 is 10.2 Å². The minimum Gasteiger partial charge on any atom is -0.500 e. The fourth-order valence-corrected chi connectivity index (χ4v) is 0.580. The first-order valence-corrected chi connectivity index (χ1v) is 3.61. The Bertz CT molecular complexity index is 203. The number of hydrogen-bond acceptors (Lipinski definition) is 2. The SMILES string of the molecule is CC.Cc1cc[nH+]c(O)c1O. The standard InChI is InChI=1S/C6H7NO2.C2H6/c1-4-2-3-7-6(9)5(4)8;1-2/h2-3,8H,1H3,(H,7,9);1-2H3/p+1. The van der Waals surface area contributed by atoms with E-state index in [-0.39, 0.29) is 11.6 Å². The lowest BCUT2D eigenvalue weighted by Gasteiger charge is -1.91. The summed E-state index contributed by atoms with van der Waals surface area (Å²) in [5, 5.41) is 17.7. The van der Waals surface area contributed by atoms with Crippen LogP contribution in [0.1, 0.15) is 19.4 Å². The minimum atomic E-state index is -0.185. The lowest BCUT2D eigenvalue weighted by atomic mass is 10.3. The van der Waals surface area contributed by atoms with Crippen LogP contribution in [-0.4, -0.2) is 10.2 Å². The van der Waals surface area contributed by atoms with Crippen LogP contribution in [-0.2, 0) is 0 Å². The molecule has 0 saturated carbocycles. The van der Waals surface area contributed by atoms with E-state index < -0.39 is 0 Å². The summed E-state index contributed by atoms with van der Waals surface area (Å²) < 4.78 is 0. The van der Waals surface area contributed by atoms with Crippen molar-refractivity contribution >= 4 is 0 Å². The second kappa shape index (κ2) is 4.55. The van der Waals surface area contributed by atoms with Gasteiger partial charge in [-0.2, -0.15) is 4.98 Å². The Morgan fingerprint density at radius 2 is 1.82 bits per heavy atom. The molecule has 0 fully saturated rings. The zero-order chi connectivity index (χ0) is 8.85. The summed E-state index contributed by atoms with van der Waals surface area (Å²) in [5.74, 6) is -0.271. The Labute approximate surface area is 66.3 Å². The molecule has 0 aliphatic rings. The molecule has 62 valence electrons. The predicted octanol–water partition coefficient (Wildman–Crippen LogP) is 1.25. The van der Waals surface area contributed by atoms with Gasteiger partial charge in [0.05, 0.1) is 0 Å². The van der Waals surface area contributed by atoms with Crippen LogP contribution in [0.2, 0.25) is 0 Å². The molecule has 0 saturated heterocycles. The summed E-state index contributed by atoms with van der Waals surface area (Å²) in [6, 6.07) is 1.68. The minimum absolute atomic E-state index is 0.0856. The first-order valence-electron chi connectivity index (χ1n) is 3.61. The molecular formula is C8H14NO2+. The zero-order valence-corrected chi connectivity index (χ0v) is 7.05. The summed E-state index contributed by atoms with van der Waals surface area (Å²) in [6.45, 7) is 5.71. The van der Waals surface area contributed by atoms with Crippen molar-refractivity contribution in [1.82, 2.24) is 0 Å². The number of hydrogen-bond donors (Lipinski definition) is 2. The third kappa shape index (κ3) is 2.45. The topological polar surface area (TPSA) is 54.6 Å². The van der Waals surface area contributed by atoms with E-state index in [1.165, 1.54) is 0 Å². The monoisotopic (exact) mass is 156 g/mol. The van der Waals surface area contributed by atoms with Gasteiger partial charge in [-0.05, 0) is 6.92 Å². The quantitative estimate of drug-likeness (QED) is 0.594. The third-order valence-corrected chi connectivity index (χ3v) is 1.15. The number of aromatic amines is 1. The predicted molar refractivity (Wildman–Crippen MR) is 42.4 cm³/mol. The van der Waals surface area contributed by atoms with E-state index in [4.69, 9.17) is 10.2 Å². The number of H-pyrrole nitrogens is 1. The number of pyridine rings is 1. The highest BCUT2D eigenvalue weighted by atomic mass is 16.3. The molecule has 0 bridgehead atoms. The van der Waals surface area contributed by atoms with E-state index in [9.17, 15) is 0 Å². The third-order valence-electron chi connectivity index (χ3n) is 1.15. The van der Waals surface area contributed by atoms with Gasteiger partial charge in [0.25, 0.3) is 0 Å². The molecule has 0 aliphatic carbocycles. The molecule has 3 heteroatoms. The average Bonchev–Trinajstić information content (AvgIpc) is 2.04. The molecule has 3 nitrogen and oxygen atoms in total. The number of aromatic nitrogens is 1. The first kappa shape index (κ1) is 9.75. The van der Waals surface area contributed by atoms with Gasteiger partial charge in [0, 0.05) is 11.6 Å². The van der Waals surface area contributed by atoms with E-state index in [1.54, 1.807) is 19.2 Å². The second-order valence-electron chi connectivity index (χ2n) is 1.86. The Kier molecular flexibility index (Phi) is 4.03. The highest BCUT2D eigenvalue weighted by molar-refractivity contribution is 5.33. The molecule has 0 atom stereocenters. The van der Waals surface area contributed by atoms with Crippen molar-refractivity contribution < 1.29 is 15.2 Å². The van der Waals surface area contributed by atoms with Crippen LogP contribution >= 0.6 is 0 Å². The van der Waals surface area contributed by atoms with E-state index in [2.05, 4.69) is 4.98 Å². The van der Waals surface area contributed by atoms with Crippen molar-refractivity contribution in [1.29, 1.82) is 0 Å². The molecule has 0 amide bonds. The fourth-order valence-electron chi connectivity index (χ4n) is 0.580. The molecule has 0 spiro atoms. The van der Waals surface area contributed by atoms with Gasteiger partial charge in [-0.3, -0.25) is 0 Å². The van der Waals surface area contributed by atoms with Gasteiger partial charge >= 0.3 is 5.88 Å². The van der Waals surface area contributed by atoms with Crippen molar-refractivity contribution in [3.8, 4) is 11.6 Å².